The van der Waals surface area contributed by atoms with Gasteiger partial charge in [-0.3, -0.25) is 4.79 Å². The quantitative estimate of drug-likeness (QED) is 0.865. The van der Waals surface area contributed by atoms with Gasteiger partial charge in [-0.05, 0) is 13.8 Å². The third kappa shape index (κ3) is 4.86. The number of anilines is 1. The Hall–Kier alpha value is -1.38. The second kappa shape index (κ2) is 5.98. The standard InChI is InChI=1S/C9H13F3N4OS/c1-5(2)14-6(17)3-4-13-8-16-15-7(18-8)9(10,11)12/h5H,3-4H2,1-2H3,(H,13,16)(H,14,17). The molecule has 0 aliphatic heterocycles. The average Bonchev–Trinajstić information content (AvgIpc) is 2.64. The first-order valence-corrected chi connectivity index (χ1v) is 6.04. The molecule has 5 nitrogen and oxygen atoms in total. The van der Waals surface area contributed by atoms with Crippen molar-refractivity contribution in [2.45, 2.75) is 32.5 Å². The Bertz CT molecular complexity index is 405. The van der Waals surface area contributed by atoms with Crippen LogP contribution in [0.2, 0.25) is 0 Å². The van der Waals surface area contributed by atoms with Crippen molar-refractivity contribution >= 4 is 22.4 Å². The van der Waals surface area contributed by atoms with Crippen LogP contribution >= 0.6 is 11.3 Å². The van der Waals surface area contributed by atoms with E-state index in [1.54, 1.807) is 0 Å². The molecule has 0 radical (unpaired) electrons. The fourth-order valence-electron chi connectivity index (χ4n) is 1.09. The highest BCUT2D eigenvalue weighted by Crippen LogP contribution is 2.32. The van der Waals surface area contributed by atoms with Crippen LogP contribution in [0.1, 0.15) is 25.3 Å². The van der Waals surface area contributed by atoms with Gasteiger partial charge in [-0.15, -0.1) is 10.2 Å². The minimum Gasteiger partial charge on any atom is -0.360 e. The maximum Gasteiger partial charge on any atom is 0.445 e. The van der Waals surface area contributed by atoms with E-state index in [1.807, 2.05) is 13.8 Å². The van der Waals surface area contributed by atoms with Crippen LogP contribution in [-0.2, 0) is 11.0 Å². The topological polar surface area (TPSA) is 66.9 Å². The van der Waals surface area contributed by atoms with Gasteiger partial charge in [0.25, 0.3) is 0 Å². The molecule has 0 spiro atoms. The van der Waals surface area contributed by atoms with E-state index in [0.717, 1.165) is 0 Å². The molecule has 0 saturated carbocycles. The third-order valence-corrected chi connectivity index (χ3v) is 2.67. The minimum absolute atomic E-state index is 0.0378. The number of rotatable bonds is 5. The number of carbonyl (C=O) groups is 1. The first-order valence-electron chi connectivity index (χ1n) is 5.23. The second-order valence-corrected chi connectivity index (χ2v) is 4.79. The van der Waals surface area contributed by atoms with Gasteiger partial charge in [0, 0.05) is 19.0 Å². The van der Waals surface area contributed by atoms with Crippen molar-refractivity contribution in [1.82, 2.24) is 15.5 Å². The smallest absolute Gasteiger partial charge is 0.360 e. The minimum atomic E-state index is -4.48. The summed E-state index contributed by atoms with van der Waals surface area (Å²) in [7, 11) is 0. The van der Waals surface area contributed by atoms with E-state index < -0.39 is 11.2 Å². The van der Waals surface area contributed by atoms with E-state index in [-0.39, 0.29) is 30.0 Å². The SMILES string of the molecule is CC(C)NC(=O)CCNc1nnc(C(F)(F)F)s1. The molecular weight excluding hydrogens is 269 g/mol. The van der Waals surface area contributed by atoms with Crippen LogP contribution in [0, 0.1) is 0 Å². The Morgan fingerprint density at radius 3 is 2.56 bits per heavy atom. The summed E-state index contributed by atoms with van der Waals surface area (Å²) in [6.07, 6.45) is -4.31. The average molecular weight is 282 g/mol. The molecule has 0 bridgehead atoms. The molecule has 18 heavy (non-hydrogen) atoms. The van der Waals surface area contributed by atoms with Crippen LogP contribution in [0.4, 0.5) is 18.3 Å². The largest absolute Gasteiger partial charge is 0.445 e. The van der Waals surface area contributed by atoms with E-state index in [0.29, 0.717) is 11.3 Å². The van der Waals surface area contributed by atoms with Crippen LogP contribution in [0.25, 0.3) is 0 Å². The predicted molar refractivity (Wildman–Crippen MR) is 61.3 cm³/mol. The van der Waals surface area contributed by atoms with Crippen molar-refractivity contribution in [1.29, 1.82) is 0 Å². The maximum absolute atomic E-state index is 12.2. The van der Waals surface area contributed by atoms with Crippen LogP contribution in [-0.4, -0.2) is 28.7 Å². The first-order chi connectivity index (χ1) is 8.29. The van der Waals surface area contributed by atoms with E-state index >= 15 is 0 Å². The van der Waals surface area contributed by atoms with Gasteiger partial charge in [0.1, 0.15) is 0 Å². The van der Waals surface area contributed by atoms with Gasteiger partial charge < -0.3 is 10.6 Å². The lowest BCUT2D eigenvalue weighted by atomic mass is 10.3. The predicted octanol–water partition coefficient (Wildman–Crippen LogP) is 1.88. The molecule has 0 atom stereocenters. The summed E-state index contributed by atoms with van der Waals surface area (Å²) in [5.74, 6) is -0.168. The number of nitrogens with zero attached hydrogens (tertiary/aromatic N) is 2. The van der Waals surface area contributed by atoms with Gasteiger partial charge in [0.2, 0.25) is 16.0 Å². The molecule has 0 aromatic carbocycles. The molecule has 0 aliphatic rings. The zero-order chi connectivity index (χ0) is 13.8. The van der Waals surface area contributed by atoms with E-state index in [4.69, 9.17) is 0 Å². The van der Waals surface area contributed by atoms with Crippen LogP contribution in [0.15, 0.2) is 0 Å². The van der Waals surface area contributed by atoms with Crippen LogP contribution in [0.5, 0.6) is 0 Å². The number of carbonyl (C=O) groups excluding carboxylic acids is 1. The summed E-state index contributed by atoms with van der Waals surface area (Å²) in [6, 6.07) is 0.0378. The molecule has 0 aliphatic carbocycles. The number of hydrogen-bond donors (Lipinski definition) is 2. The summed E-state index contributed by atoms with van der Waals surface area (Å²) in [4.78, 5) is 11.2. The Morgan fingerprint density at radius 2 is 2.06 bits per heavy atom. The molecule has 1 heterocycles. The van der Waals surface area contributed by atoms with Gasteiger partial charge in [-0.1, -0.05) is 11.3 Å². The van der Waals surface area contributed by atoms with Gasteiger partial charge in [0.05, 0.1) is 0 Å². The van der Waals surface area contributed by atoms with Crippen molar-refractivity contribution < 1.29 is 18.0 Å². The Morgan fingerprint density at radius 1 is 1.39 bits per heavy atom. The number of alkyl halides is 3. The molecule has 0 unspecified atom stereocenters. The molecule has 1 aromatic heterocycles. The fourth-order valence-corrected chi connectivity index (χ4v) is 1.72. The number of nitrogens with one attached hydrogen (secondary N) is 2. The number of hydrogen-bond acceptors (Lipinski definition) is 5. The van der Waals surface area contributed by atoms with Crippen LogP contribution < -0.4 is 10.6 Å². The second-order valence-electron chi connectivity index (χ2n) is 3.81. The normalized spacial score (nSPS) is 11.7. The lowest BCUT2D eigenvalue weighted by molar-refractivity contribution is -0.138. The Balaban J connectivity index is 2.36. The van der Waals surface area contributed by atoms with Crippen molar-refractivity contribution in [3.8, 4) is 0 Å². The first kappa shape index (κ1) is 14.7. The molecule has 9 heteroatoms. The molecule has 0 fully saturated rings. The third-order valence-electron chi connectivity index (χ3n) is 1.75. The maximum atomic E-state index is 12.2. The van der Waals surface area contributed by atoms with Crippen molar-refractivity contribution in [3.05, 3.63) is 5.01 Å². The Kier molecular flexibility index (Phi) is 4.88. The zero-order valence-corrected chi connectivity index (χ0v) is 10.7. The number of amides is 1. The van der Waals surface area contributed by atoms with Crippen molar-refractivity contribution in [2.24, 2.45) is 0 Å². The summed E-state index contributed by atoms with van der Waals surface area (Å²) in [6.45, 7) is 3.86. The number of halogens is 3. The summed E-state index contributed by atoms with van der Waals surface area (Å²) in [5.41, 5.74) is 0. The lowest BCUT2D eigenvalue weighted by Crippen LogP contribution is -2.31. The lowest BCUT2D eigenvalue weighted by Gasteiger charge is -2.07. The highest BCUT2D eigenvalue weighted by Gasteiger charge is 2.35. The van der Waals surface area contributed by atoms with Crippen molar-refractivity contribution in [3.63, 3.8) is 0 Å². The molecule has 1 amide bonds. The monoisotopic (exact) mass is 282 g/mol. The molecule has 102 valence electrons. The summed E-state index contributed by atoms with van der Waals surface area (Å²) >= 11 is 0.415. The number of aromatic nitrogens is 2. The molecule has 2 N–H and O–H groups in total. The van der Waals surface area contributed by atoms with E-state index in [2.05, 4.69) is 20.8 Å². The molecular formula is C9H13F3N4OS. The highest BCUT2D eigenvalue weighted by molar-refractivity contribution is 7.15. The summed E-state index contributed by atoms with van der Waals surface area (Å²) in [5, 5.41) is 10.7. The fraction of sp³-hybridized carbons (Fsp3) is 0.667. The molecule has 0 saturated heterocycles. The van der Waals surface area contributed by atoms with Crippen LogP contribution in [0.3, 0.4) is 0 Å². The van der Waals surface area contributed by atoms with Gasteiger partial charge >= 0.3 is 6.18 Å². The molecule has 1 rings (SSSR count). The van der Waals surface area contributed by atoms with E-state index in [1.165, 1.54) is 0 Å². The van der Waals surface area contributed by atoms with E-state index in [9.17, 15) is 18.0 Å². The summed E-state index contributed by atoms with van der Waals surface area (Å²) < 4.78 is 36.6. The highest BCUT2D eigenvalue weighted by atomic mass is 32.1. The zero-order valence-electron chi connectivity index (χ0n) is 9.84. The van der Waals surface area contributed by atoms with Gasteiger partial charge in [-0.25, -0.2) is 0 Å². The van der Waals surface area contributed by atoms with Gasteiger partial charge in [0.15, 0.2) is 0 Å². The molecule has 1 aromatic rings. The Labute approximate surface area is 106 Å². The van der Waals surface area contributed by atoms with Gasteiger partial charge in [-0.2, -0.15) is 13.2 Å². The van der Waals surface area contributed by atoms with Crippen molar-refractivity contribution in [2.75, 3.05) is 11.9 Å².